The molecule has 0 saturated carbocycles. The number of hydrogen-bond donors (Lipinski definition) is 1. The van der Waals surface area contributed by atoms with Crippen LogP contribution in [0.15, 0.2) is 24.3 Å². The Morgan fingerprint density at radius 3 is 2.67 bits per heavy atom. The third-order valence-electron chi connectivity index (χ3n) is 3.50. The van der Waals surface area contributed by atoms with E-state index in [2.05, 4.69) is 17.2 Å². The molecule has 1 atom stereocenters. The number of imidazole rings is 1. The number of sulfone groups is 1. The van der Waals surface area contributed by atoms with Crippen molar-refractivity contribution in [2.45, 2.75) is 25.8 Å². The van der Waals surface area contributed by atoms with Crippen LogP contribution in [0.1, 0.15) is 19.2 Å². The number of aromatic nitrogens is 2. The van der Waals surface area contributed by atoms with Crippen LogP contribution in [0.3, 0.4) is 0 Å². The molecule has 0 saturated heterocycles. The third kappa shape index (κ3) is 4.28. The lowest BCUT2D eigenvalue weighted by Gasteiger charge is -2.17. The summed E-state index contributed by atoms with van der Waals surface area (Å²) in [5.74, 6) is 1.05. The van der Waals surface area contributed by atoms with Gasteiger partial charge in [-0.25, -0.2) is 13.4 Å². The van der Waals surface area contributed by atoms with Gasteiger partial charge in [-0.3, -0.25) is 0 Å². The summed E-state index contributed by atoms with van der Waals surface area (Å²) in [7, 11) is -1.04. The molecule has 0 fully saturated rings. The minimum absolute atomic E-state index is 0.101. The molecular formula is C15H23N3O2S. The molecule has 0 spiro atoms. The Morgan fingerprint density at radius 2 is 2.05 bits per heavy atom. The lowest BCUT2D eigenvalue weighted by molar-refractivity contribution is 0.517. The topological polar surface area (TPSA) is 64.0 Å². The maximum absolute atomic E-state index is 11.6. The van der Waals surface area contributed by atoms with Crippen molar-refractivity contribution in [2.75, 3.05) is 18.6 Å². The Bertz CT molecular complexity index is 707. The van der Waals surface area contributed by atoms with E-state index in [9.17, 15) is 8.42 Å². The highest BCUT2D eigenvalue weighted by molar-refractivity contribution is 7.90. The second-order valence-electron chi connectivity index (χ2n) is 5.52. The van der Waals surface area contributed by atoms with Gasteiger partial charge in [0.15, 0.2) is 0 Å². The van der Waals surface area contributed by atoms with Crippen molar-refractivity contribution in [1.29, 1.82) is 0 Å². The van der Waals surface area contributed by atoms with Gasteiger partial charge in [0.1, 0.15) is 15.7 Å². The molecule has 1 N–H and O–H groups in total. The number of aryl methyl sites for hydroxylation is 1. The van der Waals surface area contributed by atoms with E-state index in [-0.39, 0.29) is 11.8 Å². The molecule has 0 aliphatic heterocycles. The largest absolute Gasteiger partial charge is 0.331 e. The smallest absolute Gasteiger partial charge is 0.148 e. The normalized spacial score (nSPS) is 13.7. The van der Waals surface area contributed by atoms with Crippen LogP contribution in [0.4, 0.5) is 0 Å². The van der Waals surface area contributed by atoms with Gasteiger partial charge in [-0.2, -0.15) is 0 Å². The van der Waals surface area contributed by atoms with Crippen molar-refractivity contribution in [2.24, 2.45) is 7.05 Å². The zero-order chi connectivity index (χ0) is 15.5. The second-order valence-corrected chi connectivity index (χ2v) is 7.71. The summed E-state index contributed by atoms with van der Waals surface area (Å²) < 4.78 is 25.2. The summed E-state index contributed by atoms with van der Waals surface area (Å²) in [5.41, 5.74) is 2.02. The number of nitrogens with zero attached hydrogens (tertiary/aromatic N) is 2. The molecule has 1 aromatic heterocycles. The molecule has 21 heavy (non-hydrogen) atoms. The molecule has 2 aromatic rings. The predicted molar refractivity (Wildman–Crippen MR) is 86.2 cm³/mol. The first kappa shape index (κ1) is 16.0. The Morgan fingerprint density at radius 1 is 1.33 bits per heavy atom. The maximum Gasteiger partial charge on any atom is 0.148 e. The standard InChI is InChI=1S/C15H23N3O2S/c1-4-9-16-12(11-21(3,19)20)10-15-17-13-7-5-6-8-14(13)18(15)2/h5-8,12,16H,4,9-11H2,1-3H3. The summed E-state index contributed by atoms with van der Waals surface area (Å²) in [6, 6.07) is 7.84. The summed E-state index contributed by atoms with van der Waals surface area (Å²) in [4.78, 5) is 4.62. The van der Waals surface area contributed by atoms with Gasteiger partial charge in [0.25, 0.3) is 0 Å². The molecule has 1 heterocycles. The molecule has 0 aliphatic carbocycles. The van der Waals surface area contributed by atoms with E-state index in [1.807, 2.05) is 35.9 Å². The molecule has 0 aliphatic rings. The maximum atomic E-state index is 11.6. The molecule has 1 aromatic carbocycles. The minimum atomic E-state index is -3.02. The number of para-hydroxylation sites is 2. The summed E-state index contributed by atoms with van der Waals surface area (Å²) in [6.07, 6.45) is 2.86. The molecule has 0 amide bonds. The number of rotatable bonds is 7. The molecule has 0 radical (unpaired) electrons. The van der Waals surface area contributed by atoms with Crippen LogP contribution in [0.2, 0.25) is 0 Å². The lowest BCUT2D eigenvalue weighted by Crippen LogP contribution is -2.38. The highest BCUT2D eigenvalue weighted by Gasteiger charge is 2.18. The Kier molecular flexibility index (Phi) is 5.00. The van der Waals surface area contributed by atoms with Crippen LogP contribution in [-0.4, -0.2) is 42.6 Å². The first-order chi connectivity index (χ1) is 9.90. The van der Waals surface area contributed by atoms with Gasteiger partial charge in [-0.15, -0.1) is 0 Å². The first-order valence-corrected chi connectivity index (χ1v) is 9.28. The zero-order valence-corrected chi connectivity index (χ0v) is 13.7. The van der Waals surface area contributed by atoms with Gasteiger partial charge in [0.2, 0.25) is 0 Å². The van der Waals surface area contributed by atoms with E-state index in [0.29, 0.717) is 6.42 Å². The zero-order valence-electron chi connectivity index (χ0n) is 12.8. The highest BCUT2D eigenvalue weighted by atomic mass is 32.2. The summed E-state index contributed by atoms with van der Waals surface area (Å²) in [6.45, 7) is 2.88. The molecular weight excluding hydrogens is 286 g/mol. The number of fused-ring (bicyclic) bond motifs is 1. The van der Waals surface area contributed by atoms with Crippen molar-refractivity contribution in [3.8, 4) is 0 Å². The molecule has 1 unspecified atom stereocenters. The van der Waals surface area contributed by atoms with Crippen molar-refractivity contribution in [3.63, 3.8) is 0 Å². The molecule has 2 rings (SSSR count). The fourth-order valence-electron chi connectivity index (χ4n) is 2.50. The van der Waals surface area contributed by atoms with Gasteiger partial charge in [0, 0.05) is 25.8 Å². The van der Waals surface area contributed by atoms with Crippen molar-refractivity contribution < 1.29 is 8.42 Å². The van der Waals surface area contributed by atoms with Crippen LogP contribution in [0, 0.1) is 0 Å². The second kappa shape index (κ2) is 6.58. The Balaban J connectivity index is 2.23. The molecule has 6 heteroatoms. The number of benzene rings is 1. The van der Waals surface area contributed by atoms with E-state index in [0.717, 1.165) is 29.8 Å². The van der Waals surface area contributed by atoms with Crippen LogP contribution in [0.25, 0.3) is 11.0 Å². The van der Waals surface area contributed by atoms with Crippen LogP contribution in [-0.2, 0) is 23.3 Å². The number of hydrogen-bond acceptors (Lipinski definition) is 4. The van der Waals surface area contributed by atoms with Gasteiger partial charge in [-0.1, -0.05) is 19.1 Å². The average molecular weight is 309 g/mol. The van der Waals surface area contributed by atoms with Gasteiger partial charge >= 0.3 is 0 Å². The summed E-state index contributed by atoms with van der Waals surface area (Å²) in [5, 5.41) is 3.31. The Hall–Kier alpha value is -1.40. The fraction of sp³-hybridized carbons (Fsp3) is 0.533. The molecule has 116 valence electrons. The van der Waals surface area contributed by atoms with Crippen LogP contribution >= 0.6 is 0 Å². The van der Waals surface area contributed by atoms with Crippen molar-refractivity contribution in [3.05, 3.63) is 30.1 Å². The van der Waals surface area contributed by atoms with Gasteiger partial charge in [-0.05, 0) is 25.1 Å². The van der Waals surface area contributed by atoms with E-state index >= 15 is 0 Å². The Labute approximate surface area is 126 Å². The third-order valence-corrected chi connectivity index (χ3v) is 4.50. The SMILES string of the molecule is CCCNC(Cc1nc2ccccc2n1C)CS(C)(=O)=O. The highest BCUT2D eigenvalue weighted by Crippen LogP contribution is 2.15. The van der Waals surface area contributed by atoms with Crippen molar-refractivity contribution in [1.82, 2.24) is 14.9 Å². The van der Waals surface area contributed by atoms with E-state index in [1.165, 1.54) is 6.26 Å². The van der Waals surface area contributed by atoms with Gasteiger partial charge < -0.3 is 9.88 Å². The van der Waals surface area contributed by atoms with E-state index in [1.54, 1.807) is 0 Å². The van der Waals surface area contributed by atoms with Gasteiger partial charge in [0.05, 0.1) is 16.8 Å². The molecule has 0 bridgehead atoms. The fourth-order valence-corrected chi connectivity index (χ4v) is 3.47. The average Bonchev–Trinajstić information content (AvgIpc) is 2.72. The minimum Gasteiger partial charge on any atom is -0.331 e. The first-order valence-electron chi connectivity index (χ1n) is 7.22. The van der Waals surface area contributed by atoms with Crippen LogP contribution in [0.5, 0.6) is 0 Å². The summed E-state index contributed by atoms with van der Waals surface area (Å²) >= 11 is 0. The monoisotopic (exact) mass is 309 g/mol. The lowest BCUT2D eigenvalue weighted by atomic mass is 10.2. The molecule has 5 nitrogen and oxygen atoms in total. The van der Waals surface area contributed by atoms with E-state index in [4.69, 9.17) is 0 Å². The quantitative estimate of drug-likeness (QED) is 0.842. The predicted octanol–water partition coefficient (Wildman–Crippen LogP) is 1.53. The van der Waals surface area contributed by atoms with Crippen molar-refractivity contribution >= 4 is 20.9 Å². The number of nitrogens with one attached hydrogen (secondary N) is 1. The van der Waals surface area contributed by atoms with E-state index < -0.39 is 9.84 Å². The van der Waals surface area contributed by atoms with Crippen LogP contribution < -0.4 is 5.32 Å².